The summed E-state index contributed by atoms with van der Waals surface area (Å²) < 4.78 is 0. The highest BCUT2D eigenvalue weighted by Gasteiger charge is 2.22. The van der Waals surface area contributed by atoms with Crippen LogP contribution in [0.2, 0.25) is 0 Å². The molecule has 0 spiro atoms. The van der Waals surface area contributed by atoms with Crippen LogP contribution in [-0.2, 0) is 0 Å². The van der Waals surface area contributed by atoms with Crippen molar-refractivity contribution in [3.8, 4) is 0 Å². The summed E-state index contributed by atoms with van der Waals surface area (Å²) >= 11 is 0. The third kappa shape index (κ3) is 51.5. The average molecular weight is 990 g/mol. The van der Waals surface area contributed by atoms with Crippen LogP contribution in [0, 0.1) is 87.8 Å². The van der Waals surface area contributed by atoms with Gasteiger partial charge in [-0.1, -0.05) is 346 Å². The molecule has 6 rings (SSSR count). The molecule has 0 saturated heterocycles. The number of hydrogen-bond donors (Lipinski definition) is 0. The molecule has 6 aliphatic carbocycles. The Balaban J connectivity index is -0.000000346. The van der Waals surface area contributed by atoms with Gasteiger partial charge < -0.3 is 0 Å². The van der Waals surface area contributed by atoms with E-state index in [2.05, 4.69) is 173 Å². The SMILES string of the molecule is CC(C)C(C)(C)C.CC1(C)CCCC1.CC1CCCCC1.CC1CCC[C@H]1C.CC1CC[C@@H](C)C1.CCC(C)C(C)C.CCC(C)C(C)C.CCC1CCCC1.CCCC(C)CC.CCCC1CCC1. The Bertz CT molecular complexity index is 933. The minimum absolute atomic E-state index is 0.500. The van der Waals surface area contributed by atoms with Gasteiger partial charge in [0, 0.05) is 0 Å². The summed E-state index contributed by atoms with van der Waals surface area (Å²) in [4.78, 5) is 0. The van der Waals surface area contributed by atoms with E-state index in [0.29, 0.717) is 10.8 Å². The second-order valence-electron chi connectivity index (χ2n) is 28.2. The molecule has 0 heteroatoms. The van der Waals surface area contributed by atoms with Crippen molar-refractivity contribution in [2.75, 3.05) is 0 Å². The van der Waals surface area contributed by atoms with E-state index in [1.807, 2.05) is 0 Å². The van der Waals surface area contributed by atoms with Gasteiger partial charge in [-0.15, -0.1) is 0 Å². The van der Waals surface area contributed by atoms with Crippen LogP contribution in [0.5, 0.6) is 0 Å². The van der Waals surface area contributed by atoms with E-state index < -0.39 is 0 Å². The molecular weight excluding hydrogens is 841 g/mol. The predicted octanol–water partition coefficient (Wildman–Crippen LogP) is 26.1. The second-order valence-corrected chi connectivity index (χ2v) is 28.2. The lowest BCUT2D eigenvalue weighted by Crippen LogP contribution is -2.12. The quantitative estimate of drug-likeness (QED) is 0.205. The topological polar surface area (TPSA) is 0 Å². The molecular formula is C70H148. The lowest BCUT2D eigenvalue weighted by Gasteiger charge is -2.24. The van der Waals surface area contributed by atoms with Gasteiger partial charge in [-0.2, -0.15) is 0 Å². The van der Waals surface area contributed by atoms with Gasteiger partial charge in [-0.05, 0) is 107 Å². The molecule has 428 valence electrons. The van der Waals surface area contributed by atoms with Gasteiger partial charge in [0.05, 0.1) is 0 Å². The molecule has 0 N–H and O–H groups in total. The molecule has 0 bridgehead atoms. The Hall–Kier alpha value is 0. The Labute approximate surface area is 451 Å². The van der Waals surface area contributed by atoms with Crippen LogP contribution < -0.4 is 0 Å². The van der Waals surface area contributed by atoms with Crippen molar-refractivity contribution in [1.82, 2.24) is 0 Å². The summed E-state index contributed by atoms with van der Waals surface area (Å²) in [6.07, 6.45) is 43.7. The van der Waals surface area contributed by atoms with Crippen molar-refractivity contribution in [3.05, 3.63) is 0 Å². The zero-order valence-electron chi connectivity index (χ0n) is 54.7. The van der Waals surface area contributed by atoms with Crippen molar-refractivity contribution in [1.29, 1.82) is 0 Å². The highest BCUT2D eigenvalue weighted by molar-refractivity contribution is 4.75. The van der Waals surface area contributed by atoms with Gasteiger partial charge >= 0.3 is 0 Å². The molecule has 0 radical (unpaired) electrons. The van der Waals surface area contributed by atoms with Crippen LogP contribution in [0.25, 0.3) is 0 Å². The Morgan fingerprint density at radius 2 is 0.814 bits per heavy atom. The fourth-order valence-corrected chi connectivity index (χ4v) is 9.71. The van der Waals surface area contributed by atoms with Crippen molar-refractivity contribution in [2.24, 2.45) is 87.8 Å². The van der Waals surface area contributed by atoms with E-state index in [9.17, 15) is 0 Å². The lowest BCUT2D eigenvalue weighted by molar-refractivity contribution is 0.283. The maximum absolute atomic E-state index is 2.36. The maximum Gasteiger partial charge on any atom is -0.0354 e. The minimum atomic E-state index is 0.500. The fraction of sp³-hybridized carbons (Fsp3) is 1.00. The Morgan fingerprint density at radius 3 is 0.943 bits per heavy atom. The van der Waals surface area contributed by atoms with E-state index in [4.69, 9.17) is 0 Å². The standard InChI is InChI=1S/6C7H14.4C7H16/c1-6-3-4-7(2)5-6;1-7(2)5-3-4-6-7;1-6-4-3-5-7(6)2;1-7-5-3-2-4-6-7;1-2-7-5-3-4-6-7;1-2-4-7-5-3-6-7;1-6(2)7(3,4)5;2*1-5-7(4)6(2)3;1-4-6-7(3)5-2/h6-7H,3-5H2,1-2H3;3-6H2,1-2H3;6-7H,3-5H2,1-2H3;3*7H,2-6H2,1H3;6H,1-5H3;2*6-7H,5H2,1-4H3;7H,4-6H2,1-3H3/t6-,7?;;6-,7?;;;;;;;/m1.1......./s1. The molecule has 0 heterocycles. The van der Waals surface area contributed by atoms with Crippen LogP contribution >= 0.6 is 0 Å². The molecule has 0 aromatic carbocycles. The van der Waals surface area contributed by atoms with E-state index >= 15 is 0 Å². The molecule has 0 nitrogen and oxygen atoms in total. The largest absolute Gasteiger partial charge is 0.0654 e. The zero-order valence-corrected chi connectivity index (χ0v) is 54.7. The third-order valence-electron chi connectivity index (χ3n) is 18.8. The van der Waals surface area contributed by atoms with E-state index in [-0.39, 0.29) is 0 Å². The summed E-state index contributed by atoms with van der Waals surface area (Å²) in [5.41, 5.74) is 1.19. The average Bonchev–Trinajstić information content (AvgIpc) is 4.14. The molecule has 6 fully saturated rings. The lowest BCUT2D eigenvalue weighted by atomic mass is 9.82. The van der Waals surface area contributed by atoms with Crippen LogP contribution in [0.3, 0.4) is 0 Å². The second kappa shape index (κ2) is 48.6. The fourth-order valence-electron chi connectivity index (χ4n) is 9.71. The molecule has 6 aliphatic rings. The first-order valence-corrected chi connectivity index (χ1v) is 32.7. The minimum Gasteiger partial charge on any atom is -0.0654 e. The number of hydrogen-bond acceptors (Lipinski definition) is 0. The normalized spacial score (nSPS) is 24.0. The smallest absolute Gasteiger partial charge is 0.0354 e. The molecule has 0 amide bonds. The first-order chi connectivity index (χ1) is 32.7. The van der Waals surface area contributed by atoms with Crippen molar-refractivity contribution in [3.63, 3.8) is 0 Å². The van der Waals surface area contributed by atoms with Crippen LogP contribution in [0.1, 0.15) is 366 Å². The van der Waals surface area contributed by atoms with Gasteiger partial charge in [0.2, 0.25) is 0 Å². The van der Waals surface area contributed by atoms with E-state index in [0.717, 1.165) is 76.9 Å². The van der Waals surface area contributed by atoms with Gasteiger partial charge in [0.25, 0.3) is 0 Å². The summed E-state index contributed by atoms with van der Waals surface area (Å²) in [6, 6.07) is 0. The highest BCUT2D eigenvalue weighted by Crippen LogP contribution is 2.36. The maximum atomic E-state index is 2.36. The van der Waals surface area contributed by atoms with Crippen LogP contribution in [-0.4, -0.2) is 0 Å². The van der Waals surface area contributed by atoms with E-state index in [1.165, 1.54) is 193 Å². The van der Waals surface area contributed by atoms with Crippen molar-refractivity contribution in [2.45, 2.75) is 366 Å². The summed E-state index contributed by atoms with van der Waals surface area (Å²) in [6.45, 7) is 57.3. The molecule has 70 heavy (non-hydrogen) atoms. The van der Waals surface area contributed by atoms with Crippen molar-refractivity contribution >= 4 is 0 Å². The molecule has 0 aromatic rings. The predicted molar refractivity (Wildman–Crippen MR) is 331 cm³/mol. The van der Waals surface area contributed by atoms with E-state index in [1.54, 1.807) is 0 Å². The third-order valence-corrected chi connectivity index (χ3v) is 18.8. The molecule has 6 saturated carbocycles. The molecule has 7 atom stereocenters. The summed E-state index contributed by atoms with van der Waals surface area (Å²) in [5.74, 6) is 12.6. The zero-order chi connectivity index (χ0) is 54.7. The molecule has 0 aliphatic heterocycles. The van der Waals surface area contributed by atoms with Gasteiger partial charge in [-0.25, -0.2) is 0 Å². The van der Waals surface area contributed by atoms with Crippen molar-refractivity contribution < 1.29 is 0 Å². The van der Waals surface area contributed by atoms with Gasteiger partial charge in [-0.3, -0.25) is 0 Å². The summed E-state index contributed by atoms with van der Waals surface area (Å²) in [5, 5.41) is 0. The molecule has 5 unspecified atom stereocenters. The monoisotopic (exact) mass is 989 g/mol. The number of rotatable bonds is 10. The molecule has 0 aromatic heterocycles. The summed E-state index contributed by atoms with van der Waals surface area (Å²) in [7, 11) is 0. The first kappa shape index (κ1) is 76.5. The first-order valence-electron chi connectivity index (χ1n) is 32.7. The van der Waals surface area contributed by atoms with Crippen LogP contribution in [0.15, 0.2) is 0 Å². The van der Waals surface area contributed by atoms with Crippen LogP contribution in [0.4, 0.5) is 0 Å². The van der Waals surface area contributed by atoms with Gasteiger partial charge in [0.1, 0.15) is 0 Å². The highest BCUT2D eigenvalue weighted by atomic mass is 14.3. The Morgan fingerprint density at radius 1 is 0.429 bits per heavy atom. The van der Waals surface area contributed by atoms with Gasteiger partial charge in [0.15, 0.2) is 0 Å². The Kier molecular flexibility index (Phi) is 53.2.